The Labute approximate surface area is 109 Å². The minimum Gasteiger partial charge on any atom is -0.393 e. The first-order valence-electron chi connectivity index (χ1n) is 5.58. The number of hydrogen-bond donors (Lipinski definition) is 2. The summed E-state index contributed by atoms with van der Waals surface area (Å²) >= 11 is 0. The molecule has 2 rings (SSSR count). The number of nitrogens with zero attached hydrogens (tertiary/aromatic N) is 1. The second-order valence-electron chi connectivity index (χ2n) is 4.01. The molecule has 98 valence electrons. The normalized spacial score (nSPS) is 10.2. The van der Waals surface area contributed by atoms with E-state index in [1.807, 2.05) is 0 Å². The molecule has 0 aliphatic heterocycles. The van der Waals surface area contributed by atoms with Crippen molar-refractivity contribution in [2.24, 2.45) is 0 Å². The molecule has 2 aromatic carbocycles. The van der Waals surface area contributed by atoms with E-state index in [9.17, 15) is 14.5 Å². The molecule has 0 spiro atoms. The summed E-state index contributed by atoms with van der Waals surface area (Å²) in [5.74, 6) is -0.303. The molecule has 0 radical (unpaired) electrons. The predicted molar refractivity (Wildman–Crippen MR) is 71.2 cm³/mol. The highest BCUT2D eigenvalue weighted by atomic mass is 19.1. The first kappa shape index (κ1) is 12.8. The minimum absolute atomic E-state index is 0.0919. The first-order valence-corrected chi connectivity index (χ1v) is 5.58. The lowest BCUT2D eigenvalue weighted by Gasteiger charge is -2.07. The molecule has 3 N–H and O–H groups in total. The highest BCUT2D eigenvalue weighted by molar-refractivity contribution is 5.65. The number of nitrogens with two attached hydrogens (primary N) is 1. The Balaban J connectivity index is 2.08. The molecular formula is C13H12FN3O2. The Kier molecular flexibility index (Phi) is 3.61. The molecule has 5 nitrogen and oxygen atoms in total. The van der Waals surface area contributed by atoms with Crippen molar-refractivity contribution in [3.8, 4) is 0 Å². The number of hydrogen-bond acceptors (Lipinski definition) is 4. The fourth-order valence-electron chi connectivity index (χ4n) is 1.68. The summed E-state index contributed by atoms with van der Waals surface area (Å²) in [6.45, 7) is 0.412. The number of nitro groups is 1. The van der Waals surface area contributed by atoms with Gasteiger partial charge in [-0.25, -0.2) is 4.39 Å². The van der Waals surface area contributed by atoms with Gasteiger partial charge < -0.3 is 11.1 Å². The van der Waals surface area contributed by atoms with E-state index in [4.69, 9.17) is 5.73 Å². The summed E-state index contributed by atoms with van der Waals surface area (Å²) in [7, 11) is 0. The van der Waals surface area contributed by atoms with E-state index in [1.54, 1.807) is 18.2 Å². The number of rotatable bonds is 4. The van der Waals surface area contributed by atoms with E-state index in [0.717, 1.165) is 5.56 Å². The Morgan fingerprint density at radius 2 is 2.05 bits per heavy atom. The molecule has 0 aromatic heterocycles. The molecule has 0 atom stereocenters. The van der Waals surface area contributed by atoms with Gasteiger partial charge in [0, 0.05) is 18.3 Å². The van der Waals surface area contributed by atoms with Gasteiger partial charge in [0.1, 0.15) is 11.5 Å². The number of nitrogens with one attached hydrogen (secondary N) is 1. The second kappa shape index (κ2) is 5.34. The molecule has 0 bridgehead atoms. The topological polar surface area (TPSA) is 81.2 Å². The number of benzene rings is 2. The molecule has 0 aliphatic rings. The van der Waals surface area contributed by atoms with E-state index >= 15 is 0 Å². The fourth-order valence-corrected chi connectivity index (χ4v) is 1.68. The van der Waals surface area contributed by atoms with Gasteiger partial charge in [-0.15, -0.1) is 0 Å². The van der Waals surface area contributed by atoms with Crippen LogP contribution >= 0.6 is 0 Å². The maximum atomic E-state index is 13.0. The number of halogens is 1. The fraction of sp³-hybridized carbons (Fsp3) is 0.0769. The first-order chi connectivity index (χ1) is 9.06. The molecule has 0 fully saturated rings. The molecule has 0 amide bonds. The molecule has 6 heteroatoms. The Bertz CT molecular complexity index is 617. The van der Waals surface area contributed by atoms with Gasteiger partial charge in [-0.2, -0.15) is 0 Å². The van der Waals surface area contributed by atoms with E-state index in [0.29, 0.717) is 12.2 Å². The lowest BCUT2D eigenvalue weighted by atomic mass is 10.2. The number of nitro benzene ring substituents is 1. The molecule has 0 aliphatic carbocycles. The molecule has 0 unspecified atom stereocenters. The van der Waals surface area contributed by atoms with Crippen molar-refractivity contribution in [3.63, 3.8) is 0 Å². The zero-order valence-electron chi connectivity index (χ0n) is 9.97. The van der Waals surface area contributed by atoms with Gasteiger partial charge in [0.05, 0.1) is 4.92 Å². The van der Waals surface area contributed by atoms with E-state index in [2.05, 4.69) is 5.32 Å². The number of anilines is 2. The third kappa shape index (κ3) is 3.19. The van der Waals surface area contributed by atoms with Crippen LogP contribution in [0.1, 0.15) is 5.56 Å². The minimum atomic E-state index is -0.536. The van der Waals surface area contributed by atoms with Crippen LogP contribution in [0.3, 0.4) is 0 Å². The standard InChI is InChI=1S/C13H12FN3O2/c14-10-3-1-2-9(6-10)8-16-11-4-5-13(17(18)19)12(15)7-11/h1-7,16H,8,15H2. The van der Waals surface area contributed by atoms with Gasteiger partial charge in [0.2, 0.25) is 0 Å². The summed E-state index contributed by atoms with van der Waals surface area (Å²) < 4.78 is 13.0. The van der Waals surface area contributed by atoms with Crippen molar-refractivity contribution in [3.05, 3.63) is 64.0 Å². The van der Waals surface area contributed by atoms with Crippen molar-refractivity contribution in [1.29, 1.82) is 0 Å². The molecule has 2 aromatic rings. The van der Waals surface area contributed by atoms with Crippen LogP contribution in [0.15, 0.2) is 42.5 Å². The quantitative estimate of drug-likeness (QED) is 0.503. The maximum absolute atomic E-state index is 13.0. The van der Waals surface area contributed by atoms with Crippen molar-refractivity contribution >= 4 is 17.1 Å². The van der Waals surface area contributed by atoms with Gasteiger partial charge in [0.15, 0.2) is 0 Å². The van der Waals surface area contributed by atoms with Crippen molar-refractivity contribution in [1.82, 2.24) is 0 Å². The Morgan fingerprint density at radius 3 is 2.68 bits per heavy atom. The van der Waals surface area contributed by atoms with Crippen LogP contribution in [0.2, 0.25) is 0 Å². The van der Waals surface area contributed by atoms with Gasteiger partial charge >= 0.3 is 0 Å². The summed E-state index contributed by atoms with van der Waals surface area (Å²) in [6, 6.07) is 10.6. The lowest BCUT2D eigenvalue weighted by Crippen LogP contribution is -2.01. The van der Waals surface area contributed by atoms with Crippen LogP contribution < -0.4 is 11.1 Å². The van der Waals surface area contributed by atoms with Crippen LogP contribution in [-0.2, 0) is 6.54 Å². The van der Waals surface area contributed by atoms with E-state index in [1.165, 1.54) is 24.3 Å². The van der Waals surface area contributed by atoms with Crippen LogP contribution in [0, 0.1) is 15.9 Å². The molecule has 0 heterocycles. The summed E-state index contributed by atoms with van der Waals surface area (Å²) in [5, 5.41) is 13.6. The van der Waals surface area contributed by atoms with Crippen LogP contribution in [0.5, 0.6) is 0 Å². The molecule has 0 saturated heterocycles. The summed E-state index contributed by atoms with van der Waals surface area (Å²) in [4.78, 5) is 10.1. The van der Waals surface area contributed by atoms with E-state index in [-0.39, 0.29) is 17.2 Å². The third-order valence-electron chi connectivity index (χ3n) is 2.61. The zero-order chi connectivity index (χ0) is 13.8. The predicted octanol–water partition coefficient (Wildman–Crippen LogP) is 2.93. The largest absolute Gasteiger partial charge is 0.393 e. The summed E-state index contributed by atoms with van der Waals surface area (Å²) in [5.41, 5.74) is 6.96. The van der Waals surface area contributed by atoms with Gasteiger partial charge in [-0.1, -0.05) is 12.1 Å². The highest BCUT2D eigenvalue weighted by Crippen LogP contribution is 2.24. The lowest BCUT2D eigenvalue weighted by molar-refractivity contribution is -0.383. The third-order valence-corrected chi connectivity index (χ3v) is 2.61. The van der Waals surface area contributed by atoms with Crippen molar-refractivity contribution in [2.45, 2.75) is 6.54 Å². The van der Waals surface area contributed by atoms with Crippen LogP contribution in [0.25, 0.3) is 0 Å². The number of nitrogen functional groups attached to an aromatic ring is 1. The molecule has 19 heavy (non-hydrogen) atoms. The highest BCUT2D eigenvalue weighted by Gasteiger charge is 2.10. The summed E-state index contributed by atoms with van der Waals surface area (Å²) in [6.07, 6.45) is 0. The van der Waals surface area contributed by atoms with Crippen molar-refractivity contribution in [2.75, 3.05) is 11.1 Å². The van der Waals surface area contributed by atoms with Gasteiger partial charge in [-0.05, 0) is 29.8 Å². The maximum Gasteiger partial charge on any atom is 0.292 e. The zero-order valence-corrected chi connectivity index (χ0v) is 9.97. The molecule has 0 saturated carbocycles. The molecular weight excluding hydrogens is 249 g/mol. The van der Waals surface area contributed by atoms with Crippen LogP contribution in [-0.4, -0.2) is 4.92 Å². The Hall–Kier alpha value is -2.63. The second-order valence-corrected chi connectivity index (χ2v) is 4.01. The average molecular weight is 261 g/mol. The van der Waals surface area contributed by atoms with Gasteiger partial charge in [-0.3, -0.25) is 10.1 Å². The average Bonchev–Trinajstić information content (AvgIpc) is 2.36. The van der Waals surface area contributed by atoms with Crippen LogP contribution in [0.4, 0.5) is 21.5 Å². The van der Waals surface area contributed by atoms with E-state index < -0.39 is 4.92 Å². The van der Waals surface area contributed by atoms with Crippen molar-refractivity contribution < 1.29 is 9.31 Å². The Morgan fingerprint density at radius 1 is 1.26 bits per heavy atom. The SMILES string of the molecule is Nc1cc(NCc2cccc(F)c2)ccc1[N+](=O)[O-]. The smallest absolute Gasteiger partial charge is 0.292 e. The monoisotopic (exact) mass is 261 g/mol. The van der Waals surface area contributed by atoms with Gasteiger partial charge in [0.25, 0.3) is 5.69 Å².